The van der Waals surface area contributed by atoms with Crippen molar-refractivity contribution >= 4 is 34.1 Å². The van der Waals surface area contributed by atoms with Crippen LogP contribution in [0.4, 0.5) is 5.95 Å². The number of nitrogens with two attached hydrogens (primary N) is 1. The molecule has 2 saturated heterocycles. The number of aromatic nitrogens is 5. The van der Waals surface area contributed by atoms with Crippen LogP contribution in [0, 0.1) is 12.3 Å². The quantitative estimate of drug-likeness (QED) is 0.483. The van der Waals surface area contributed by atoms with E-state index in [2.05, 4.69) is 37.5 Å². The summed E-state index contributed by atoms with van der Waals surface area (Å²) in [6, 6.07) is 4.11. The summed E-state index contributed by atoms with van der Waals surface area (Å²) in [5, 5.41) is 8.69. The van der Waals surface area contributed by atoms with Crippen LogP contribution in [-0.4, -0.2) is 56.4 Å². The van der Waals surface area contributed by atoms with Gasteiger partial charge in [0, 0.05) is 47.9 Å². The van der Waals surface area contributed by atoms with E-state index < -0.39 is 0 Å². The number of piperidine rings is 1. The minimum Gasteiger partial charge on any atom is -0.376 e. The summed E-state index contributed by atoms with van der Waals surface area (Å²) in [5.41, 5.74) is 11.2. The largest absolute Gasteiger partial charge is 0.376 e. The summed E-state index contributed by atoms with van der Waals surface area (Å²) >= 11 is 6.53. The Hall–Kier alpha value is -2.68. The molecule has 0 amide bonds. The van der Waals surface area contributed by atoms with Gasteiger partial charge in [0.1, 0.15) is 5.65 Å². The fraction of sp³-hybridized carbons (Fsp3) is 0.435. The molecule has 1 spiro atoms. The first-order valence-corrected chi connectivity index (χ1v) is 11.4. The third-order valence-corrected chi connectivity index (χ3v) is 7.71. The number of imidazole rings is 1. The second kappa shape index (κ2) is 7.16. The maximum Gasteiger partial charge on any atom is 0.211 e. The lowest BCUT2D eigenvalue weighted by Crippen LogP contribution is -2.51. The predicted molar refractivity (Wildman–Crippen MR) is 125 cm³/mol. The molecule has 0 bridgehead atoms. The SMILES string of the molecule is Cc1nc(N2CCC3(CC2)CO[C@@H](C)[C@H]3N)n2ccnc2c1-c1cc(Cl)c2cn[nH]c2c1. The number of ether oxygens (including phenoxy) is 1. The molecule has 1 aromatic carbocycles. The van der Waals surface area contributed by atoms with Crippen LogP contribution < -0.4 is 10.6 Å². The molecule has 0 radical (unpaired) electrons. The highest BCUT2D eigenvalue weighted by molar-refractivity contribution is 6.35. The lowest BCUT2D eigenvalue weighted by Gasteiger charge is -2.41. The molecule has 2 fully saturated rings. The second-order valence-corrected chi connectivity index (χ2v) is 9.58. The molecule has 2 aliphatic heterocycles. The van der Waals surface area contributed by atoms with Crippen molar-refractivity contribution in [3.05, 3.63) is 41.4 Å². The topological polar surface area (TPSA) is 97.4 Å². The molecule has 3 N–H and O–H groups in total. The highest BCUT2D eigenvalue weighted by Gasteiger charge is 2.47. The van der Waals surface area contributed by atoms with Crippen molar-refractivity contribution < 1.29 is 4.74 Å². The molecular formula is C23H26ClN7O. The first-order valence-electron chi connectivity index (χ1n) is 11.1. The molecule has 2 aliphatic rings. The number of rotatable bonds is 2. The number of nitrogens with zero attached hydrogens (tertiary/aromatic N) is 5. The Morgan fingerprint density at radius 3 is 2.84 bits per heavy atom. The Kier molecular flexibility index (Phi) is 4.47. The lowest BCUT2D eigenvalue weighted by atomic mass is 9.73. The first kappa shape index (κ1) is 20.0. The molecule has 0 saturated carbocycles. The van der Waals surface area contributed by atoms with E-state index in [1.54, 1.807) is 6.20 Å². The van der Waals surface area contributed by atoms with Gasteiger partial charge in [-0.25, -0.2) is 9.97 Å². The molecule has 8 nitrogen and oxygen atoms in total. The average molecular weight is 452 g/mol. The summed E-state index contributed by atoms with van der Waals surface area (Å²) in [6.45, 7) is 6.67. The fourth-order valence-corrected chi connectivity index (χ4v) is 5.68. The van der Waals surface area contributed by atoms with Gasteiger partial charge in [-0.1, -0.05) is 11.6 Å². The minimum atomic E-state index is 0.0786. The molecule has 0 aliphatic carbocycles. The number of H-pyrrole nitrogens is 1. The van der Waals surface area contributed by atoms with Crippen molar-refractivity contribution in [3.63, 3.8) is 0 Å². The Morgan fingerprint density at radius 2 is 2.09 bits per heavy atom. The van der Waals surface area contributed by atoms with E-state index >= 15 is 0 Å². The maximum atomic E-state index is 6.53. The smallest absolute Gasteiger partial charge is 0.211 e. The van der Waals surface area contributed by atoms with Crippen molar-refractivity contribution in [1.82, 2.24) is 24.6 Å². The van der Waals surface area contributed by atoms with Crippen LogP contribution in [0.25, 0.3) is 27.7 Å². The summed E-state index contributed by atoms with van der Waals surface area (Å²) in [6.07, 6.45) is 7.68. The van der Waals surface area contributed by atoms with Gasteiger partial charge in [0.2, 0.25) is 5.95 Å². The highest BCUT2D eigenvalue weighted by Crippen LogP contribution is 2.42. The molecule has 3 aromatic heterocycles. The highest BCUT2D eigenvalue weighted by atomic mass is 35.5. The van der Waals surface area contributed by atoms with Gasteiger partial charge in [0.05, 0.1) is 35.1 Å². The van der Waals surface area contributed by atoms with E-state index in [4.69, 9.17) is 27.1 Å². The number of halogens is 1. The number of aryl methyl sites for hydroxylation is 1. The second-order valence-electron chi connectivity index (χ2n) is 9.17. The average Bonchev–Trinajstić information content (AvgIpc) is 3.51. The number of aromatic amines is 1. The summed E-state index contributed by atoms with van der Waals surface area (Å²) in [4.78, 5) is 12.1. The zero-order valence-corrected chi connectivity index (χ0v) is 18.9. The van der Waals surface area contributed by atoms with Crippen molar-refractivity contribution in [1.29, 1.82) is 0 Å². The van der Waals surface area contributed by atoms with Crippen LogP contribution >= 0.6 is 11.6 Å². The monoisotopic (exact) mass is 451 g/mol. The van der Waals surface area contributed by atoms with Crippen LogP contribution in [0.2, 0.25) is 5.02 Å². The number of anilines is 1. The van der Waals surface area contributed by atoms with Gasteiger partial charge < -0.3 is 15.4 Å². The molecule has 4 aromatic rings. The first-order chi connectivity index (χ1) is 15.5. The zero-order valence-electron chi connectivity index (χ0n) is 18.2. The van der Waals surface area contributed by atoms with Gasteiger partial charge in [-0.3, -0.25) is 9.50 Å². The number of nitrogens with one attached hydrogen (secondary N) is 1. The summed E-state index contributed by atoms with van der Waals surface area (Å²) in [5.74, 6) is 0.919. The Balaban J connectivity index is 1.39. The lowest BCUT2D eigenvalue weighted by molar-refractivity contribution is 0.0973. The number of hydrogen-bond donors (Lipinski definition) is 2. The molecule has 166 valence electrons. The Morgan fingerprint density at radius 1 is 1.28 bits per heavy atom. The van der Waals surface area contributed by atoms with E-state index in [0.717, 1.165) is 71.9 Å². The van der Waals surface area contributed by atoms with E-state index in [9.17, 15) is 0 Å². The van der Waals surface area contributed by atoms with E-state index in [-0.39, 0.29) is 17.6 Å². The molecule has 2 atom stereocenters. The van der Waals surface area contributed by atoms with Gasteiger partial charge in [-0.15, -0.1) is 0 Å². The van der Waals surface area contributed by atoms with Crippen LogP contribution in [0.1, 0.15) is 25.5 Å². The van der Waals surface area contributed by atoms with Gasteiger partial charge >= 0.3 is 0 Å². The molecule has 32 heavy (non-hydrogen) atoms. The Labute approximate surface area is 190 Å². The molecule has 9 heteroatoms. The maximum absolute atomic E-state index is 6.53. The van der Waals surface area contributed by atoms with Crippen LogP contribution in [-0.2, 0) is 4.74 Å². The molecule has 6 rings (SSSR count). The Bertz CT molecular complexity index is 1320. The normalized spacial score (nSPS) is 23.1. The van der Waals surface area contributed by atoms with Gasteiger partial charge in [0.25, 0.3) is 0 Å². The number of hydrogen-bond acceptors (Lipinski definition) is 6. The molecule has 5 heterocycles. The van der Waals surface area contributed by atoms with Crippen molar-refractivity contribution in [2.75, 3.05) is 24.6 Å². The number of benzene rings is 1. The summed E-state index contributed by atoms with van der Waals surface area (Å²) < 4.78 is 7.97. The van der Waals surface area contributed by atoms with Crippen LogP contribution in [0.5, 0.6) is 0 Å². The van der Waals surface area contributed by atoms with E-state index in [1.807, 2.05) is 25.4 Å². The van der Waals surface area contributed by atoms with Crippen molar-refractivity contribution in [3.8, 4) is 11.1 Å². The third-order valence-electron chi connectivity index (χ3n) is 7.39. The van der Waals surface area contributed by atoms with Crippen molar-refractivity contribution in [2.45, 2.75) is 38.8 Å². The van der Waals surface area contributed by atoms with E-state index in [1.165, 1.54) is 0 Å². The minimum absolute atomic E-state index is 0.0786. The molecule has 0 unspecified atom stereocenters. The zero-order chi connectivity index (χ0) is 22.0. The van der Waals surface area contributed by atoms with Gasteiger partial charge in [-0.2, -0.15) is 5.10 Å². The van der Waals surface area contributed by atoms with Crippen molar-refractivity contribution in [2.24, 2.45) is 11.1 Å². The van der Waals surface area contributed by atoms with Gasteiger partial charge in [0.15, 0.2) is 0 Å². The summed E-state index contributed by atoms with van der Waals surface area (Å²) in [7, 11) is 0. The van der Waals surface area contributed by atoms with Crippen LogP contribution in [0.3, 0.4) is 0 Å². The van der Waals surface area contributed by atoms with Crippen LogP contribution in [0.15, 0.2) is 30.7 Å². The number of fused-ring (bicyclic) bond motifs is 2. The third kappa shape index (κ3) is 2.86. The molecular weight excluding hydrogens is 426 g/mol. The van der Waals surface area contributed by atoms with Gasteiger partial charge in [-0.05, 0) is 44.4 Å². The standard InChI is InChI=1S/C23H26ClN7O/c1-13-19(15-9-17(24)16-11-27-29-18(16)10-15)21-26-5-8-31(21)22(28-13)30-6-3-23(4-7-30)12-32-14(2)20(23)25/h5,8-11,14,20H,3-4,6-7,12,25H2,1-2H3,(H,27,29)/t14-,20+/m0/s1. The fourth-order valence-electron chi connectivity index (χ4n) is 5.41. The predicted octanol–water partition coefficient (Wildman–Crippen LogP) is 3.57. The van der Waals surface area contributed by atoms with E-state index in [0.29, 0.717) is 5.02 Å².